The van der Waals surface area contributed by atoms with E-state index in [0.29, 0.717) is 21.4 Å². The van der Waals surface area contributed by atoms with Gasteiger partial charge in [0.05, 0.1) is 11.1 Å². The first-order valence-corrected chi connectivity index (χ1v) is 8.21. The summed E-state index contributed by atoms with van der Waals surface area (Å²) in [5.41, 5.74) is 1.72. The normalized spacial score (nSPS) is 12.0. The molecule has 0 saturated heterocycles. The fourth-order valence-electron chi connectivity index (χ4n) is 2.39. The van der Waals surface area contributed by atoms with Gasteiger partial charge in [-0.05, 0) is 42.8 Å². The number of amides is 1. The van der Waals surface area contributed by atoms with Crippen LogP contribution >= 0.6 is 23.2 Å². The Hall–Kier alpha value is -2.23. The van der Waals surface area contributed by atoms with Crippen molar-refractivity contribution >= 4 is 29.1 Å². The minimum absolute atomic E-state index is 0.119. The second-order valence-electron chi connectivity index (χ2n) is 5.39. The molecule has 5 heteroatoms. The number of carbonyl (C=O) groups is 1. The van der Waals surface area contributed by atoms with E-state index in [-0.39, 0.29) is 17.7 Å². The predicted molar refractivity (Wildman–Crippen MR) is 96.5 cm³/mol. The molecule has 1 atom stereocenters. The number of benzene rings is 2. The van der Waals surface area contributed by atoms with Gasteiger partial charge in [-0.25, -0.2) is 0 Å². The van der Waals surface area contributed by atoms with Crippen molar-refractivity contribution in [3.8, 4) is 11.3 Å². The number of rotatable bonds is 4. The molecule has 1 aromatic heterocycles. The van der Waals surface area contributed by atoms with Gasteiger partial charge >= 0.3 is 0 Å². The number of nitrogens with one attached hydrogen (secondary N) is 1. The Morgan fingerprint density at radius 3 is 2.50 bits per heavy atom. The van der Waals surface area contributed by atoms with E-state index in [9.17, 15) is 4.79 Å². The lowest BCUT2D eigenvalue weighted by Gasteiger charge is -2.13. The molecule has 3 aromatic rings. The van der Waals surface area contributed by atoms with Gasteiger partial charge in [0, 0.05) is 10.6 Å². The van der Waals surface area contributed by atoms with Crippen LogP contribution in [0.1, 0.15) is 29.1 Å². The summed E-state index contributed by atoms with van der Waals surface area (Å²) in [5.74, 6) is 0.482. The van der Waals surface area contributed by atoms with E-state index >= 15 is 0 Å². The van der Waals surface area contributed by atoms with Crippen LogP contribution in [0.25, 0.3) is 11.3 Å². The van der Waals surface area contributed by atoms with E-state index in [1.165, 1.54) is 0 Å². The second kappa shape index (κ2) is 7.12. The van der Waals surface area contributed by atoms with Crippen molar-refractivity contribution in [2.24, 2.45) is 0 Å². The summed E-state index contributed by atoms with van der Waals surface area (Å²) in [4.78, 5) is 12.4. The van der Waals surface area contributed by atoms with E-state index < -0.39 is 0 Å². The van der Waals surface area contributed by atoms with Gasteiger partial charge in [0.25, 0.3) is 5.91 Å². The summed E-state index contributed by atoms with van der Waals surface area (Å²) < 4.78 is 5.65. The van der Waals surface area contributed by atoms with E-state index in [2.05, 4.69) is 5.32 Å². The monoisotopic (exact) mass is 359 g/mol. The van der Waals surface area contributed by atoms with Gasteiger partial charge in [0.15, 0.2) is 5.76 Å². The Morgan fingerprint density at radius 2 is 1.79 bits per heavy atom. The number of furan rings is 1. The molecule has 0 aliphatic rings. The SMILES string of the molecule is CC(NC(=O)c1ccc(-c2ccc(Cl)cc2Cl)o1)c1ccccc1. The summed E-state index contributed by atoms with van der Waals surface area (Å²) in [5, 5.41) is 3.93. The van der Waals surface area contributed by atoms with Crippen LogP contribution in [0, 0.1) is 0 Å². The molecule has 24 heavy (non-hydrogen) atoms. The summed E-state index contributed by atoms with van der Waals surface area (Å²) in [6.45, 7) is 1.92. The number of carbonyl (C=O) groups excluding carboxylic acids is 1. The minimum Gasteiger partial charge on any atom is -0.451 e. The van der Waals surface area contributed by atoms with E-state index in [1.807, 2.05) is 37.3 Å². The van der Waals surface area contributed by atoms with Gasteiger partial charge in [0.1, 0.15) is 5.76 Å². The lowest BCUT2D eigenvalue weighted by Crippen LogP contribution is -2.26. The van der Waals surface area contributed by atoms with Crippen LogP contribution in [0.2, 0.25) is 10.0 Å². The molecule has 1 heterocycles. The van der Waals surface area contributed by atoms with E-state index in [1.54, 1.807) is 30.3 Å². The van der Waals surface area contributed by atoms with Crippen LogP contribution in [0.3, 0.4) is 0 Å². The highest BCUT2D eigenvalue weighted by Gasteiger charge is 2.16. The zero-order valence-corrected chi connectivity index (χ0v) is 14.4. The van der Waals surface area contributed by atoms with Crippen LogP contribution in [-0.2, 0) is 0 Å². The number of halogens is 2. The first-order valence-electron chi connectivity index (χ1n) is 7.45. The third-order valence-corrected chi connectivity index (χ3v) is 4.22. The number of hydrogen-bond donors (Lipinski definition) is 1. The van der Waals surface area contributed by atoms with Crippen molar-refractivity contribution in [1.82, 2.24) is 5.32 Å². The van der Waals surface area contributed by atoms with Crippen LogP contribution in [0.4, 0.5) is 0 Å². The van der Waals surface area contributed by atoms with Crippen molar-refractivity contribution < 1.29 is 9.21 Å². The van der Waals surface area contributed by atoms with Crippen LogP contribution < -0.4 is 5.32 Å². The zero-order valence-electron chi connectivity index (χ0n) is 12.9. The van der Waals surface area contributed by atoms with Gasteiger partial charge in [-0.15, -0.1) is 0 Å². The largest absolute Gasteiger partial charge is 0.451 e. The molecule has 0 bridgehead atoms. The van der Waals surface area contributed by atoms with Crippen LogP contribution in [-0.4, -0.2) is 5.91 Å². The van der Waals surface area contributed by atoms with Crippen molar-refractivity contribution in [3.63, 3.8) is 0 Å². The smallest absolute Gasteiger partial charge is 0.287 e. The first kappa shape index (κ1) is 16.6. The molecular formula is C19H15Cl2NO2. The fourth-order valence-corrected chi connectivity index (χ4v) is 2.89. The lowest BCUT2D eigenvalue weighted by atomic mass is 10.1. The van der Waals surface area contributed by atoms with Crippen LogP contribution in [0.15, 0.2) is 65.1 Å². The average Bonchev–Trinajstić information content (AvgIpc) is 3.05. The van der Waals surface area contributed by atoms with Crippen molar-refractivity contribution in [2.45, 2.75) is 13.0 Å². The molecule has 1 N–H and O–H groups in total. The highest BCUT2D eigenvalue weighted by atomic mass is 35.5. The van der Waals surface area contributed by atoms with Crippen LogP contribution in [0.5, 0.6) is 0 Å². The molecule has 0 aliphatic heterocycles. The molecule has 0 aliphatic carbocycles. The van der Waals surface area contributed by atoms with Gasteiger partial charge in [-0.3, -0.25) is 4.79 Å². The van der Waals surface area contributed by atoms with E-state index in [4.69, 9.17) is 27.6 Å². The Balaban J connectivity index is 1.76. The third kappa shape index (κ3) is 3.64. The van der Waals surface area contributed by atoms with Gasteiger partial charge in [0.2, 0.25) is 0 Å². The highest BCUT2D eigenvalue weighted by molar-refractivity contribution is 6.36. The predicted octanol–water partition coefficient (Wildman–Crippen LogP) is 5.74. The zero-order chi connectivity index (χ0) is 17.1. The van der Waals surface area contributed by atoms with Crippen molar-refractivity contribution in [3.05, 3.63) is 82.0 Å². The molecule has 2 aromatic carbocycles. The van der Waals surface area contributed by atoms with Gasteiger partial charge in [-0.1, -0.05) is 53.5 Å². The summed E-state index contributed by atoms with van der Waals surface area (Å²) in [6, 6.07) is 18.1. The highest BCUT2D eigenvalue weighted by Crippen LogP contribution is 2.31. The molecule has 0 spiro atoms. The quantitative estimate of drug-likeness (QED) is 0.644. The summed E-state index contributed by atoms with van der Waals surface area (Å²) in [7, 11) is 0. The molecule has 3 nitrogen and oxygen atoms in total. The lowest BCUT2D eigenvalue weighted by molar-refractivity contribution is 0.0912. The second-order valence-corrected chi connectivity index (χ2v) is 6.24. The summed E-state index contributed by atoms with van der Waals surface area (Å²) in [6.07, 6.45) is 0. The average molecular weight is 360 g/mol. The Kier molecular flexibility index (Phi) is 4.93. The maximum absolute atomic E-state index is 12.4. The molecule has 0 fully saturated rings. The standard InChI is InChI=1S/C19H15Cl2NO2/c1-12(13-5-3-2-4-6-13)22-19(23)18-10-9-17(24-18)15-8-7-14(20)11-16(15)21/h2-12H,1H3,(H,22,23). The number of hydrogen-bond acceptors (Lipinski definition) is 2. The fraction of sp³-hybridized carbons (Fsp3) is 0.105. The molecule has 0 saturated carbocycles. The molecule has 122 valence electrons. The van der Waals surface area contributed by atoms with Crippen molar-refractivity contribution in [1.29, 1.82) is 0 Å². The summed E-state index contributed by atoms with van der Waals surface area (Å²) >= 11 is 12.1. The van der Waals surface area contributed by atoms with Gasteiger partial charge < -0.3 is 9.73 Å². The molecular weight excluding hydrogens is 345 g/mol. The first-order chi connectivity index (χ1) is 11.5. The maximum atomic E-state index is 12.4. The molecule has 1 amide bonds. The molecule has 3 rings (SSSR count). The Bertz CT molecular complexity index is 859. The topological polar surface area (TPSA) is 42.2 Å². The van der Waals surface area contributed by atoms with E-state index in [0.717, 1.165) is 5.56 Å². The molecule has 0 radical (unpaired) electrons. The Morgan fingerprint density at radius 1 is 1.04 bits per heavy atom. The maximum Gasteiger partial charge on any atom is 0.287 e. The van der Waals surface area contributed by atoms with Gasteiger partial charge in [-0.2, -0.15) is 0 Å². The Labute approximate surface area is 150 Å². The van der Waals surface area contributed by atoms with Crippen molar-refractivity contribution in [2.75, 3.05) is 0 Å². The minimum atomic E-state index is -0.275. The molecule has 1 unspecified atom stereocenters. The third-order valence-electron chi connectivity index (χ3n) is 3.67.